The smallest absolute Gasteiger partial charge is 0.0540 e. The van der Waals surface area contributed by atoms with E-state index in [-0.39, 0.29) is 10.8 Å². The first-order chi connectivity index (χ1) is 25.3. The van der Waals surface area contributed by atoms with Gasteiger partial charge in [-0.15, -0.1) is 0 Å². The fourth-order valence-corrected chi connectivity index (χ4v) is 9.83. The summed E-state index contributed by atoms with van der Waals surface area (Å²) >= 11 is 0. The van der Waals surface area contributed by atoms with Crippen molar-refractivity contribution in [3.05, 3.63) is 180 Å². The number of fused-ring (bicyclic) bond motifs is 5. The summed E-state index contributed by atoms with van der Waals surface area (Å²) in [5.74, 6) is 0.427. The average Bonchev–Trinajstić information content (AvgIpc) is 3.18. The Morgan fingerprint density at radius 3 is 1.96 bits per heavy atom. The third kappa shape index (κ3) is 4.50. The van der Waals surface area contributed by atoms with E-state index in [1.165, 1.54) is 72.3 Å². The molecule has 1 unspecified atom stereocenters. The monoisotopic (exact) mass is 672 g/mol. The summed E-state index contributed by atoms with van der Waals surface area (Å²) in [7, 11) is 0. The van der Waals surface area contributed by atoms with Gasteiger partial charge in [0.15, 0.2) is 0 Å². The van der Waals surface area contributed by atoms with Gasteiger partial charge in [0.25, 0.3) is 0 Å². The molecule has 0 bridgehead atoms. The van der Waals surface area contributed by atoms with Crippen molar-refractivity contribution in [3.63, 3.8) is 0 Å². The van der Waals surface area contributed by atoms with Crippen LogP contribution in [0.2, 0.25) is 0 Å². The fourth-order valence-electron chi connectivity index (χ4n) is 9.83. The van der Waals surface area contributed by atoms with E-state index in [1.54, 1.807) is 5.57 Å². The molecule has 2 heterocycles. The van der Waals surface area contributed by atoms with Crippen molar-refractivity contribution >= 4 is 44.3 Å². The Kier molecular flexibility index (Phi) is 6.86. The molecule has 6 aromatic rings. The maximum atomic E-state index is 2.65. The van der Waals surface area contributed by atoms with Crippen LogP contribution in [0.4, 0.5) is 22.7 Å². The first-order valence-corrected chi connectivity index (χ1v) is 18.9. The van der Waals surface area contributed by atoms with Gasteiger partial charge in [-0.1, -0.05) is 137 Å². The molecule has 0 fully saturated rings. The Labute approximate surface area is 307 Å². The number of hydrogen-bond donors (Lipinski definition) is 0. The van der Waals surface area contributed by atoms with Gasteiger partial charge in [-0.2, -0.15) is 0 Å². The van der Waals surface area contributed by atoms with E-state index in [2.05, 4.69) is 189 Å². The van der Waals surface area contributed by atoms with Gasteiger partial charge >= 0.3 is 0 Å². The molecule has 2 nitrogen and oxygen atoms in total. The molecule has 2 aliphatic heterocycles. The number of benzene rings is 6. The normalized spacial score (nSPS) is 19.5. The van der Waals surface area contributed by atoms with Crippen LogP contribution in [-0.2, 0) is 5.41 Å². The Morgan fingerprint density at radius 1 is 0.635 bits per heavy atom. The molecule has 2 aliphatic carbocycles. The second-order valence-corrected chi connectivity index (χ2v) is 16.1. The summed E-state index contributed by atoms with van der Waals surface area (Å²) in [5.41, 5.74) is 14.8. The van der Waals surface area contributed by atoms with Crippen molar-refractivity contribution in [1.82, 2.24) is 0 Å². The second kappa shape index (κ2) is 11.5. The first kappa shape index (κ1) is 31.2. The number of anilines is 4. The lowest BCUT2D eigenvalue weighted by Crippen LogP contribution is -2.48. The topological polar surface area (TPSA) is 6.48 Å². The van der Waals surface area contributed by atoms with Gasteiger partial charge in [-0.3, -0.25) is 0 Å². The molecule has 254 valence electrons. The number of rotatable bonds is 4. The molecule has 0 amide bonds. The van der Waals surface area contributed by atoms with Crippen molar-refractivity contribution in [2.75, 3.05) is 9.80 Å². The minimum Gasteiger partial charge on any atom is -0.313 e. The molecule has 0 aromatic heterocycles. The maximum Gasteiger partial charge on any atom is 0.0540 e. The van der Waals surface area contributed by atoms with Crippen LogP contribution in [0.5, 0.6) is 0 Å². The SMILES string of the molecule is CC1(C)C2=C3C(CC=C2)C(C)(C)c2cc(-c4ccc(N(c5cccc6ccccc56)c5cccc6ccccc56)cc4)ccc2N3C2=C1CCC=C2. The Hall–Kier alpha value is -5.60. The Bertz CT molecular complexity index is 2470. The van der Waals surface area contributed by atoms with Gasteiger partial charge in [0.05, 0.1) is 11.4 Å². The van der Waals surface area contributed by atoms with E-state index in [9.17, 15) is 0 Å². The van der Waals surface area contributed by atoms with E-state index >= 15 is 0 Å². The Morgan fingerprint density at radius 2 is 1.27 bits per heavy atom. The lowest BCUT2D eigenvalue weighted by Gasteiger charge is -2.55. The third-order valence-electron chi connectivity index (χ3n) is 12.6. The molecule has 2 heteroatoms. The highest BCUT2D eigenvalue weighted by Gasteiger charge is 2.50. The molecule has 0 saturated heterocycles. The van der Waals surface area contributed by atoms with Crippen molar-refractivity contribution in [1.29, 1.82) is 0 Å². The molecule has 10 rings (SSSR count). The quantitative estimate of drug-likeness (QED) is 0.184. The van der Waals surface area contributed by atoms with E-state index in [0.717, 1.165) is 24.9 Å². The second-order valence-electron chi connectivity index (χ2n) is 16.1. The standard InChI is InChI=1S/C50H44N2/c1-49(2)40-20-9-10-23-46(40)52-47-31-28-36(32-43(47)50(3,4)42-22-13-21-41(49)48(42)52)33-26-29-37(30-27-33)51(44-24-11-16-34-14-5-7-18-38(34)44)45-25-12-17-35-15-6-8-19-39(35)45/h5-8,10-19,21,23-32,42H,9,20,22H2,1-4H3. The highest BCUT2D eigenvalue weighted by molar-refractivity contribution is 6.04. The van der Waals surface area contributed by atoms with Crippen molar-refractivity contribution in [2.45, 2.75) is 52.4 Å². The summed E-state index contributed by atoms with van der Waals surface area (Å²) in [5, 5.41) is 4.95. The van der Waals surface area contributed by atoms with Crippen LogP contribution in [0.3, 0.4) is 0 Å². The zero-order chi connectivity index (χ0) is 35.2. The summed E-state index contributed by atoms with van der Waals surface area (Å²) < 4.78 is 0. The minimum atomic E-state index is -0.0147. The van der Waals surface area contributed by atoms with Crippen molar-refractivity contribution in [3.8, 4) is 11.1 Å². The summed E-state index contributed by atoms with van der Waals surface area (Å²) in [4.78, 5) is 5.09. The van der Waals surface area contributed by atoms with E-state index in [0.29, 0.717) is 5.92 Å². The lowest BCUT2D eigenvalue weighted by atomic mass is 9.59. The maximum absolute atomic E-state index is 2.65. The highest BCUT2D eigenvalue weighted by atomic mass is 15.2. The fraction of sp³-hybridized carbons (Fsp3) is 0.200. The van der Waals surface area contributed by atoms with Gasteiger partial charge in [0.2, 0.25) is 0 Å². The predicted molar refractivity (Wildman–Crippen MR) is 221 cm³/mol. The molecular formula is C50H44N2. The van der Waals surface area contributed by atoms with Crippen molar-refractivity contribution < 1.29 is 0 Å². The molecule has 52 heavy (non-hydrogen) atoms. The zero-order valence-electron chi connectivity index (χ0n) is 30.5. The third-order valence-corrected chi connectivity index (χ3v) is 12.6. The van der Waals surface area contributed by atoms with Gasteiger partial charge in [0.1, 0.15) is 0 Å². The predicted octanol–water partition coefficient (Wildman–Crippen LogP) is 13.7. The largest absolute Gasteiger partial charge is 0.313 e. The highest BCUT2D eigenvalue weighted by Crippen LogP contribution is 2.60. The number of nitrogens with zero attached hydrogens (tertiary/aromatic N) is 2. The molecule has 1 atom stereocenters. The van der Waals surface area contributed by atoms with Crippen LogP contribution in [-0.4, -0.2) is 0 Å². The summed E-state index contributed by atoms with van der Waals surface area (Å²) in [6, 6.07) is 47.2. The van der Waals surface area contributed by atoms with Gasteiger partial charge in [-0.25, -0.2) is 0 Å². The van der Waals surface area contributed by atoms with Crippen molar-refractivity contribution in [2.24, 2.45) is 11.3 Å². The summed E-state index contributed by atoms with van der Waals surface area (Å²) in [6.45, 7) is 9.85. The van der Waals surface area contributed by atoms with Gasteiger partial charge in [-0.05, 0) is 100 Å². The Balaban J connectivity index is 1.10. The van der Waals surface area contributed by atoms with Crippen LogP contribution in [0.25, 0.3) is 32.7 Å². The van der Waals surface area contributed by atoms with Crippen LogP contribution in [0.1, 0.15) is 52.5 Å². The minimum absolute atomic E-state index is 0.0147. The van der Waals surface area contributed by atoms with Gasteiger partial charge in [0, 0.05) is 50.3 Å². The summed E-state index contributed by atoms with van der Waals surface area (Å²) in [6.07, 6.45) is 13.0. The van der Waals surface area contributed by atoms with E-state index in [1.807, 2.05) is 0 Å². The number of hydrogen-bond acceptors (Lipinski definition) is 2. The molecule has 0 spiro atoms. The lowest BCUT2D eigenvalue weighted by molar-refractivity contribution is 0.330. The molecule has 6 aromatic carbocycles. The van der Waals surface area contributed by atoms with Crippen LogP contribution in [0.15, 0.2) is 174 Å². The average molecular weight is 673 g/mol. The van der Waals surface area contributed by atoms with E-state index in [4.69, 9.17) is 0 Å². The number of allylic oxidation sites excluding steroid dienone is 7. The molecule has 4 aliphatic rings. The van der Waals surface area contributed by atoms with Crippen LogP contribution < -0.4 is 9.80 Å². The van der Waals surface area contributed by atoms with Gasteiger partial charge < -0.3 is 9.80 Å². The molecule has 0 saturated carbocycles. The molecular weight excluding hydrogens is 629 g/mol. The molecule has 0 N–H and O–H groups in total. The van der Waals surface area contributed by atoms with Crippen LogP contribution in [0, 0.1) is 11.3 Å². The zero-order valence-corrected chi connectivity index (χ0v) is 30.5. The molecule has 0 radical (unpaired) electrons. The van der Waals surface area contributed by atoms with Crippen LogP contribution >= 0.6 is 0 Å². The van der Waals surface area contributed by atoms with E-state index < -0.39 is 0 Å². The first-order valence-electron chi connectivity index (χ1n) is 18.9.